The van der Waals surface area contributed by atoms with Gasteiger partial charge in [-0.15, -0.1) is 0 Å². The highest BCUT2D eigenvalue weighted by Crippen LogP contribution is 2.21. The number of sulfonamides is 2. The number of nitrogens with zero attached hydrogens (tertiary/aromatic N) is 1. The second-order valence-corrected chi connectivity index (χ2v) is 10.9. The highest BCUT2D eigenvalue weighted by molar-refractivity contribution is 7.89. The third-order valence-corrected chi connectivity index (χ3v) is 7.69. The summed E-state index contributed by atoms with van der Waals surface area (Å²) in [5.74, 6) is -0.803. The molecule has 11 heteroatoms. The number of carboxylic acid groups (broad SMARTS) is 1. The molecule has 0 saturated carbocycles. The van der Waals surface area contributed by atoms with Gasteiger partial charge < -0.3 is 9.84 Å². The summed E-state index contributed by atoms with van der Waals surface area (Å²) >= 11 is 0. The average molecular weight is 505 g/mol. The van der Waals surface area contributed by atoms with E-state index in [-0.39, 0.29) is 22.9 Å². The quantitative estimate of drug-likeness (QED) is 0.407. The summed E-state index contributed by atoms with van der Waals surface area (Å²) in [6.45, 7) is -0.368. The summed E-state index contributed by atoms with van der Waals surface area (Å²) in [5, 5.41) is 13.9. The maximum atomic E-state index is 13.4. The third kappa shape index (κ3) is 6.87. The van der Waals surface area contributed by atoms with E-state index >= 15 is 0 Å². The Morgan fingerprint density at radius 2 is 1.53 bits per heavy atom. The SMILES string of the molecule is NS(=O)(=O)c1ccc(CCN(Cc2cccc(OCC(=O)O)c2)S(=O)(=O)c2ccccc2)cc1. The minimum atomic E-state index is -3.86. The zero-order valence-electron chi connectivity index (χ0n) is 18.1. The summed E-state index contributed by atoms with van der Waals surface area (Å²) in [7, 11) is -7.68. The molecule has 0 spiro atoms. The van der Waals surface area contributed by atoms with Crippen molar-refractivity contribution in [1.29, 1.82) is 0 Å². The number of nitrogens with two attached hydrogens (primary N) is 1. The number of hydrogen-bond donors (Lipinski definition) is 2. The molecule has 0 unspecified atom stereocenters. The summed E-state index contributed by atoms with van der Waals surface area (Å²) in [4.78, 5) is 10.9. The molecular weight excluding hydrogens is 480 g/mol. The number of carbonyl (C=O) groups is 1. The van der Waals surface area contributed by atoms with E-state index in [1.165, 1.54) is 28.6 Å². The number of ether oxygens (including phenoxy) is 1. The predicted molar refractivity (Wildman–Crippen MR) is 125 cm³/mol. The normalized spacial score (nSPS) is 11.9. The molecule has 180 valence electrons. The van der Waals surface area contributed by atoms with Gasteiger partial charge in [-0.1, -0.05) is 42.5 Å². The summed E-state index contributed by atoms with van der Waals surface area (Å²) < 4.78 is 56.2. The van der Waals surface area contributed by atoms with E-state index in [1.807, 2.05) is 0 Å². The van der Waals surface area contributed by atoms with Gasteiger partial charge in [0.2, 0.25) is 20.0 Å². The van der Waals surface area contributed by atoms with Crippen LogP contribution in [-0.2, 0) is 37.8 Å². The molecule has 3 N–H and O–H groups in total. The van der Waals surface area contributed by atoms with Crippen LogP contribution in [0.15, 0.2) is 88.7 Å². The Hall–Kier alpha value is -3.25. The Morgan fingerprint density at radius 3 is 2.15 bits per heavy atom. The van der Waals surface area contributed by atoms with E-state index in [2.05, 4.69) is 0 Å². The third-order valence-electron chi connectivity index (χ3n) is 4.90. The van der Waals surface area contributed by atoms with Crippen molar-refractivity contribution in [3.05, 3.63) is 90.0 Å². The van der Waals surface area contributed by atoms with Crippen molar-refractivity contribution in [3.63, 3.8) is 0 Å². The van der Waals surface area contributed by atoms with Crippen LogP contribution in [0.2, 0.25) is 0 Å². The maximum absolute atomic E-state index is 13.4. The molecule has 0 aliphatic carbocycles. The molecule has 0 radical (unpaired) electrons. The van der Waals surface area contributed by atoms with E-state index in [4.69, 9.17) is 15.0 Å². The maximum Gasteiger partial charge on any atom is 0.341 e. The Balaban J connectivity index is 1.85. The minimum absolute atomic E-state index is 0.0246. The van der Waals surface area contributed by atoms with Crippen molar-refractivity contribution in [3.8, 4) is 5.75 Å². The number of aliphatic carboxylic acids is 1. The Morgan fingerprint density at radius 1 is 0.853 bits per heavy atom. The van der Waals surface area contributed by atoms with Gasteiger partial charge in [0.25, 0.3) is 0 Å². The molecule has 0 amide bonds. The molecule has 0 atom stereocenters. The van der Waals surface area contributed by atoms with Gasteiger partial charge in [0.15, 0.2) is 6.61 Å². The lowest BCUT2D eigenvalue weighted by Gasteiger charge is -2.23. The molecule has 3 aromatic rings. The fraction of sp³-hybridized carbons (Fsp3) is 0.174. The highest BCUT2D eigenvalue weighted by atomic mass is 32.2. The zero-order valence-corrected chi connectivity index (χ0v) is 19.7. The number of carboxylic acids is 1. The van der Waals surface area contributed by atoms with Crippen molar-refractivity contribution >= 4 is 26.0 Å². The van der Waals surface area contributed by atoms with Crippen LogP contribution < -0.4 is 9.88 Å². The van der Waals surface area contributed by atoms with Gasteiger partial charge in [-0.2, -0.15) is 4.31 Å². The number of benzene rings is 3. The molecule has 34 heavy (non-hydrogen) atoms. The Labute approximate surface area is 198 Å². The Kier molecular flexibility index (Phi) is 8.05. The van der Waals surface area contributed by atoms with E-state index < -0.39 is 32.6 Å². The van der Waals surface area contributed by atoms with Gasteiger partial charge in [-0.05, 0) is 53.9 Å². The van der Waals surface area contributed by atoms with Crippen LogP contribution in [0.4, 0.5) is 0 Å². The first kappa shape index (κ1) is 25.4. The smallest absolute Gasteiger partial charge is 0.341 e. The van der Waals surface area contributed by atoms with Crippen molar-refractivity contribution in [2.24, 2.45) is 5.14 Å². The van der Waals surface area contributed by atoms with Gasteiger partial charge in [0, 0.05) is 13.1 Å². The van der Waals surface area contributed by atoms with Crippen LogP contribution in [-0.4, -0.2) is 45.4 Å². The fourth-order valence-electron chi connectivity index (χ4n) is 3.21. The van der Waals surface area contributed by atoms with Gasteiger partial charge in [-0.3, -0.25) is 0 Å². The monoisotopic (exact) mass is 504 g/mol. The second-order valence-electron chi connectivity index (χ2n) is 7.42. The van der Waals surface area contributed by atoms with Crippen molar-refractivity contribution < 1.29 is 31.5 Å². The van der Waals surface area contributed by atoms with E-state index in [0.29, 0.717) is 17.7 Å². The number of primary sulfonamides is 1. The van der Waals surface area contributed by atoms with Crippen LogP contribution in [0, 0.1) is 0 Å². The van der Waals surface area contributed by atoms with Gasteiger partial charge >= 0.3 is 5.97 Å². The number of hydrogen-bond acceptors (Lipinski definition) is 6. The summed E-state index contributed by atoms with van der Waals surface area (Å²) in [6, 6.07) is 20.5. The molecule has 0 heterocycles. The van der Waals surface area contributed by atoms with Gasteiger partial charge in [0.1, 0.15) is 5.75 Å². The zero-order chi connectivity index (χ0) is 24.8. The largest absolute Gasteiger partial charge is 0.482 e. The first-order chi connectivity index (χ1) is 16.1. The molecule has 3 aromatic carbocycles. The molecule has 9 nitrogen and oxygen atoms in total. The van der Waals surface area contributed by atoms with Crippen LogP contribution >= 0.6 is 0 Å². The predicted octanol–water partition coefficient (Wildman–Crippen LogP) is 2.23. The van der Waals surface area contributed by atoms with Crippen LogP contribution in [0.5, 0.6) is 5.75 Å². The lowest BCUT2D eigenvalue weighted by Crippen LogP contribution is -2.32. The lowest BCUT2D eigenvalue weighted by atomic mass is 10.1. The molecular formula is C23H24N2O7S2. The van der Waals surface area contributed by atoms with Crippen molar-refractivity contribution in [2.45, 2.75) is 22.8 Å². The van der Waals surface area contributed by atoms with E-state index in [0.717, 1.165) is 5.56 Å². The lowest BCUT2D eigenvalue weighted by molar-refractivity contribution is -0.139. The molecule has 0 bridgehead atoms. The van der Waals surface area contributed by atoms with Crippen LogP contribution in [0.3, 0.4) is 0 Å². The van der Waals surface area contributed by atoms with E-state index in [9.17, 15) is 21.6 Å². The van der Waals surface area contributed by atoms with E-state index in [1.54, 1.807) is 54.6 Å². The van der Waals surface area contributed by atoms with Gasteiger partial charge in [0.05, 0.1) is 9.79 Å². The highest BCUT2D eigenvalue weighted by Gasteiger charge is 2.24. The van der Waals surface area contributed by atoms with Crippen molar-refractivity contribution in [1.82, 2.24) is 4.31 Å². The first-order valence-electron chi connectivity index (χ1n) is 10.2. The molecule has 0 saturated heterocycles. The molecule has 0 aliphatic heterocycles. The Bertz CT molecular complexity index is 1340. The van der Waals surface area contributed by atoms with Crippen LogP contribution in [0.1, 0.15) is 11.1 Å². The van der Waals surface area contributed by atoms with Gasteiger partial charge in [-0.25, -0.2) is 26.8 Å². The second kappa shape index (κ2) is 10.8. The first-order valence-corrected chi connectivity index (χ1v) is 13.1. The minimum Gasteiger partial charge on any atom is -0.482 e. The summed E-state index contributed by atoms with van der Waals surface area (Å²) in [6.07, 6.45) is 0.326. The summed E-state index contributed by atoms with van der Waals surface area (Å²) in [5.41, 5.74) is 1.35. The molecule has 0 aromatic heterocycles. The number of rotatable bonds is 11. The van der Waals surface area contributed by atoms with Crippen LogP contribution in [0.25, 0.3) is 0 Å². The average Bonchev–Trinajstić information content (AvgIpc) is 2.81. The van der Waals surface area contributed by atoms with Crippen molar-refractivity contribution in [2.75, 3.05) is 13.2 Å². The topological polar surface area (TPSA) is 144 Å². The fourth-order valence-corrected chi connectivity index (χ4v) is 5.17. The molecule has 3 rings (SSSR count). The standard InChI is InChI=1S/C23H24N2O7S2/c24-33(28,29)21-11-9-18(10-12-21)13-14-25(34(30,31)22-7-2-1-3-8-22)16-19-5-4-6-20(15-19)32-17-23(26)27/h1-12,15H,13-14,16-17H2,(H,26,27)(H2,24,28,29). The molecule has 0 aliphatic rings. The molecule has 0 fully saturated rings.